The van der Waals surface area contributed by atoms with Crippen LogP contribution in [0.3, 0.4) is 0 Å². The topological polar surface area (TPSA) is 118 Å². The number of aryl methyl sites for hydroxylation is 2. The maximum atomic E-state index is 12.8. The highest BCUT2D eigenvalue weighted by Crippen LogP contribution is 2.39. The lowest BCUT2D eigenvalue weighted by Crippen LogP contribution is -2.47. The van der Waals surface area contributed by atoms with E-state index in [1.54, 1.807) is 6.92 Å². The van der Waals surface area contributed by atoms with Crippen molar-refractivity contribution >= 4 is 33.1 Å². The van der Waals surface area contributed by atoms with E-state index in [4.69, 9.17) is 4.74 Å². The van der Waals surface area contributed by atoms with Crippen molar-refractivity contribution in [1.82, 2.24) is 9.71 Å². The number of fused-ring (bicyclic) bond motifs is 1. The summed E-state index contributed by atoms with van der Waals surface area (Å²) in [5.74, 6) is 0.643. The van der Waals surface area contributed by atoms with Gasteiger partial charge in [-0.1, -0.05) is 12.1 Å². The Balaban J connectivity index is 1.36. The lowest BCUT2D eigenvalue weighted by Gasteiger charge is -2.35. The van der Waals surface area contributed by atoms with Crippen LogP contribution in [0.15, 0.2) is 16.5 Å². The quantitative estimate of drug-likeness (QED) is 0.606. The smallest absolute Gasteiger partial charge is 0.333 e. The zero-order chi connectivity index (χ0) is 21.8. The molecule has 1 aliphatic heterocycles. The number of carbonyl (C=O) groups excluding carboxylic acids is 1. The Bertz CT molecular complexity index is 1150. The molecule has 3 N–H and O–H groups in total. The monoisotopic (exact) mass is 463 g/mol. The number of urea groups is 1. The maximum Gasteiger partial charge on any atom is 0.333 e. The molecule has 0 spiro atoms. The fraction of sp³-hybridized carbons (Fsp3) is 0.524. The number of ether oxygens (including phenoxy) is 1. The van der Waals surface area contributed by atoms with E-state index in [-0.39, 0.29) is 23.2 Å². The second-order valence-electron chi connectivity index (χ2n) is 8.71. The van der Waals surface area contributed by atoms with Crippen LogP contribution in [0.5, 0.6) is 0 Å². The highest BCUT2D eigenvalue weighted by atomic mass is 32.2. The molecular weight excluding hydrogens is 438 g/mol. The number of nitrogens with zero attached hydrogens (tertiary/aromatic N) is 1. The van der Waals surface area contributed by atoms with Gasteiger partial charge in [-0.2, -0.15) is 8.42 Å². The van der Waals surface area contributed by atoms with Gasteiger partial charge < -0.3 is 15.2 Å². The molecule has 3 aliphatic rings. The Morgan fingerprint density at radius 2 is 2.10 bits per heavy atom. The van der Waals surface area contributed by atoms with E-state index in [1.165, 1.54) is 18.4 Å². The van der Waals surface area contributed by atoms with E-state index in [0.29, 0.717) is 10.8 Å². The van der Waals surface area contributed by atoms with Crippen LogP contribution in [-0.4, -0.2) is 37.8 Å². The molecule has 1 aromatic heterocycles. The highest BCUT2D eigenvalue weighted by molar-refractivity contribution is 7.92. The van der Waals surface area contributed by atoms with Crippen LogP contribution in [0.4, 0.5) is 10.5 Å². The Kier molecular flexibility index (Phi) is 5.08. The fourth-order valence-corrected chi connectivity index (χ4v) is 6.59. The van der Waals surface area contributed by atoms with Gasteiger partial charge in [-0.3, -0.25) is 0 Å². The lowest BCUT2D eigenvalue weighted by atomic mass is 9.97. The molecule has 0 radical (unpaired) electrons. The number of rotatable bonds is 6. The number of carbonyl (C=O) groups is 1. The summed E-state index contributed by atoms with van der Waals surface area (Å²) in [6, 6.07) is 3.40. The molecule has 2 heterocycles. The summed E-state index contributed by atoms with van der Waals surface area (Å²) in [6.45, 7) is 1.85. The Morgan fingerprint density at radius 1 is 1.32 bits per heavy atom. The number of nitrogens with one attached hydrogen (secondary N) is 2. The van der Waals surface area contributed by atoms with Crippen molar-refractivity contribution in [3.63, 3.8) is 0 Å². The first-order chi connectivity index (χ1) is 14.7. The molecular formula is C21H25N3O5S2. The predicted octanol–water partition coefficient (Wildman–Crippen LogP) is 2.62. The fourth-order valence-electron chi connectivity index (χ4n) is 4.33. The van der Waals surface area contributed by atoms with Crippen LogP contribution in [0.1, 0.15) is 46.5 Å². The number of hydrogen-bond donors (Lipinski definition) is 3. The molecule has 2 fully saturated rings. The molecule has 2 aromatic rings. The molecule has 8 nitrogen and oxygen atoms in total. The van der Waals surface area contributed by atoms with Gasteiger partial charge >= 0.3 is 6.03 Å². The molecule has 0 atom stereocenters. The Labute approximate surface area is 185 Å². The van der Waals surface area contributed by atoms with Crippen LogP contribution in [0.25, 0.3) is 0 Å². The van der Waals surface area contributed by atoms with Crippen LogP contribution < -0.4 is 10.0 Å². The molecule has 5 rings (SSSR count). The van der Waals surface area contributed by atoms with Crippen molar-refractivity contribution in [3.8, 4) is 0 Å². The number of thiazole rings is 1. The SMILES string of the molecule is Cc1sc(S(=O)(=O)NC(=O)Nc2c(CC3CC3)ccc3c2CCC3)nc1C1(O)COC1. The van der Waals surface area contributed by atoms with E-state index < -0.39 is 21.7 Å². The van der Waals surface area contributed by atoms with E-state index in [0.717, 1.165) is 53.8 Å². The number of aliphatic hydroxyl groups is 1. The number of hydrogen-bond acceptors (Lipinski definition) is 7. The first-order valence-corrected chi connectivity index (χ1v) is 12.8. The molecule has 2 aliphatic carbocycles. The molecule has 1 aromatic carbocycles. The van der Waals surface area contributed by atoms with Gasteiger partial charge in [-0.25, -0.2) is 14.5 Å². The highest BCUT2D eigenvalue weighted by Gasteiger charge is 2.42. The first-order valence-electron chi connectivity index (χ1n) is 10.5. The van der Waals surface area contributed by atoms with Crippen LogP contribution in [0, 0.1) is 12.8 Å². The summed E-state index contributed by atoms with van der Waals surface area (Å²) in [5, 5.41) is 13.3. The minimum absolute atomic E-state index is 0.0772. The Morgan fingerprint density at radius 3 is 2.77 bits per heavy atom. The van der Waals surface area contributed by atoms with Gasteiger partial charge in [0.1, 0.15) is 0 Å². The van der Waals surface area contributed by atoms with Crippen molar-refractivity contribution in [2.24, 2.45) is 5.92 Å². The van der Waals surface area contributed by atoms with Gasteiger partial charge in [-0.15, -0.1) is 11.3 Å². The Hall–Kier alpha value is -2.01. The van der Waals surface area contributed by atoms with Crippen LogP contribution in [0.2, 0.25) is 0 Å². The molecule has 2 amide bonds. The third kappa shape index (κ3) is 3.97. The summed E-state index contributed by atoms with van der Waals surface area (Å²) >= 11 is 0.929. The van der Waals surface area contributed by atoms with Gasteiger partial charge in [-0.05, 0) is 68.1 Å². The van der Waals surface area contributed by atoms with Gasteiger partial charge in [0.15, 0.2) is 5.60 Å². The summed E-state index contributed by atoms with van der Waals surface area (Å²) in [5.41, 5.74) is 3.18. The predicted molar refractivity (Wildman–Crippen MR) is 116 cm³/mol. The van der Waals surface area contributed by atoms with Crippen molar-refractivity contribution in [2.45, 2.75) is 55.4 Å². The molecule has 1 saturated heterocycles. The third-order valence-corrected chi connectivity index (χ3v) is 8.85. The second kappa shape index (κ2) is 7.54. The zero-order valence-corrected chi connectivity index (χ0v) is 18.9. The van der Waals surface area contributed by atoms with Gasteiger partial charge in [0, 0.05) is 10.6 Å². The number of sulfonamides is 1. The lowest BCUT2D eigenvalue weighted by molar-refractivity contribution is -0.187. The average Bonchev–Trinajstić information content (AvgIpc) is 3.20. The van der Waals surface area contributed by atoms with Gasteiger partial charge in [0.05, 0.1) is 18.9 Å². The summed E-state index contributed by atoms with van der Waals surface area (Å²) in [6.07, 6.45) is 6.17. The third-order valence-electron chi connectivity index (χ3n) is 6.17. The van der Waals surface area contributed by atoms with Crippen LogP contribution in [-0.2, 0) is 39.6 Å². The van der Waals surface area contributed by atoms with Crippen molar-refractivity contribution < 1.29 is 23.1 Å². The molecule has 0 bridgehead atoms. The normalized spacial score (nSPS) is 19.5. The molecule has 1 saturated carbocycles. The first kappa shape index (κ1) is 20.9. The number of anilines is 1. The minimum Gasteiger partial charge on any atom is -0.379 e. The van der Waals surface area contributed by atoms with E-state index in [2.05, 4.69) is 27.2 Å². The maximum absolute atomic E-state index is 12.8. The molecule has 0 unspecified atom stereocenters. The number of benzene rings is 1. The van der Waals surface area contributed by atoms with Crippen LogP contribution >= 0.6 is 11.3 Å². The largest absolute Gasteiger partial charge is 0.379 e. The van der Waals surface area contributed by atoms with Gasteiger partial charge in [0.2, 0.25) is 4.34 Å². The van der Waals surface area contributed by atoms with Crippen molar-refractivity contribution in [3.05, 3.63) is 39.4 Å². The molecule has 166 valence electrons. The van der Waals surface area contributed by atoms with Crippen molar-refractivity contribution in [2.75, 3.05) is 18.5 Å². The standard InChI is InChI=1S/C21H25N3O5S2/c1-12-18(21(26)10-29-11-21)23-20(30-12)31(27,28)24-19(25)22-17-15(9-13-5-6-13)8-7-14-3-2-4-16(14)17/h7-8,13,26H,2-6,9-11H2,1H3,(H2,22,24,25). The number of amides is 2. The number of aromatic nitrogens is 1. The minimum atomic E-state index is -4.17. The summed E-state index contributed by atoms with van der Waals surface area (Å²) < 4.78 is 32.5. The average molecular weight is 464 g/mol. The van der Waals surface area contributed by atoms with E-state index >= 15 is 0 Å². The summed E-state index contributed by atoms with van der Waals surface area (Å²) in [7, 11) is -4.17. The van der Waals surface area contributed by atoms with Crippen molar-refractivity contribution in [1.29, 1.82) is 0 Å². The zero-order valence-electron chi connectivity index (χ0n) is 17.2. The summed E-state index contributed by atoms with van der Waals surface area (Å²) in [4.78, 5) is 17.4. The molecule has 10 heteroatoms. The van der Waals surface area contributed by atoms with E-state index in [9.17, 15) is 18.3 Å². The van der Waals surface area contributed by atoms with E-state index in [1.807, 2.05) is 0 Å². The van der Waals surface area contributed by atoms with Gasteiger partial charge in [0.25, 0.3) is 10.0 Å². The second-order valence-corrected chi connectivity index (χ2v) is 11.8. The molecule has 31 heavy (non-hydrogen) atoms.